The third-order valence-electron chi connectivity index (χ3n) is 5.56. The summed E-state index contributed by atoms with van der Waals surface area (Å²) in [6, 6.07) is 9.84. The van der Waals surface area contributed by atoms with Gasteiger partial charge in [0.05, 0.1) is 20.7 Å². The van der Waals surface area contributed by atoms with Crippen LogP contribution in [-0.4, -0.2) is 21.4 Å². The number of halogens is 3. The minimum atomic E-state index is -0.562. The van der Waals surface area contributed by atoms with Crippen LogP contribution in [0, 0.1) is 16.0 Å². The number of anilines is 1. The number of nitro benzene ring substituents is 1. The van der Waals surface area contributed by atoms with Crippen molar-refractivity contribution in [1.82, 2.24) is 9.97 Å². The molecule has 1 unspecified atom stereocenters. The molecule has 0 aliphatic carbocycles. The Hall–Kier alpha value is -2.61. The van der Waals surface area contributed by atoms with Gasteiger partial charge in [0.2, 0.25) is 0 Å². The standard InChI is InChI=1S/C25H27Cl3N4O3/c1-3-4-16(2)5-10-22-23(28)25(31-15-30-22)29-12-11-17-6-8-19(9-7-17)35-24-20(26)13-18(32(33)34)14-21(24)27/h6-9,13-16H,3-5,10-12H2,1-2H3,(H,29,30,31). The zero-order valence-corrected chi connectivity index (χ0v) is 21.8. The molecule has 1 heterocycles. The predicted octanol–water partition coefficient (Wildman–Crippen LogP) is 8.16. The van der Waals surface area contributed by atoms with Gasteiger partial charge in [-0.2, -0.15) is 0 Å². The minimum absolute atomic E-state index is 0.0680. The number of hydrogen-bond acceptors (Lipinski definition) is 6. The molecule has 10 heteroatoms. The molecule has 7 nitrogen and oxygen atoms in total. The van der Waals surface area contributed by atoms with E-state index in [-0.39, 0.29) is 21.5 Å². The molecule has 0 radical (unpaired) electrons. The first kappa shape index (κ1) is 27.0. The number of aryl methyl sites for hydroxylation is 1. The summed E-state index contributed by atoms with van der Waals surface area (Å²) in [4.78, 5) is 19.0. The lowest BCUT2D eigenvalue weighted by Gasteiger charge is -2.13. The monoisotopic (exact) mass is 536 g/mol. The van der Waals surface area contributed by atoms with Crippen LogP contribution in [0.5, 0.6) is 11.5 Å². The van der Waals surface area contributed by atoms with Crippen molar-refractivity contribution in [3.05, 3.63) is 79.2 Å². The Morgan fingerprint density at radius 3 is 2.37 bits per heavy atom. The molecule has 1 aromatic heterocycles. The van der Waals surface area contributed by atoms with Crippen molar-refractivity contribution in [2.24, 2.45) is 5.92 Å². The van der Waals surface area contributed by atoms with Crippen LogP contribution in [0.3, 0.4) is 0 Å². The summed E-state index contributed by atoms with van der Waals surface area (Å²) in [5, 5.41) is 14.9. The van der Waals surface area contributed by atoms with Crippen molar-refractivity contribution >= 4 is 46.3 Å². The lowest BCUT2D eigenvalue weighted by Crippen LogP contribution is -2.09. The number of aromatic nitrogens is 2. The fraction of sp³-hybridized carbons (Fsp3) is 0.360. The normalized spacial score (nSPS) is 11.8. The van der Waals surface area contributed by atoms with E-state index in [4.69, 9.17) is 39.5 Å². The molecule has 1 N–H and O–H groups in total. The van der Waals surface area contributed by atoms with Gasteiger partial charge >= 0.3 is 0 Å². The third kappa shape index (κ3) is 7.69. The molecule has 0 aliphatic rings. The lowest BCUT2D eigenvalue weighted by molar-refractivity contribution is -0.384. The van der Waals surface area contributed by atoms with Crippen LogP contribution >= 0.6 is 34.8 Å². The van der Waals surface area contributed by atoms with Crippen LogP contribution in [0.1, 0.15) is 44.4 Å². The zero-order chi connectivity index (χ0) is 25.4. The summed E-state index contributed by atoms with van der Waals surface area (Å²) >= 11 is 18.8. The fourth-order valence-electron chi connectivity index (χ4n) is 3.64. The second-order valence-corrected chi connectivity index (χ2v) is 9.53. The van der Waals surface area contributed by atoms with Crippen molar-refractivity contribution in [3.63, 3.8) is 0 Å². The maximum atomic E-state index is 10.9. The topological polar surface area (TPSA) is 90.2 Å². The Morgan fingerprint density at radius 2 is 1.74 bits per heavy atom. The average molecular weight is 538 g/mol. The maximum Gasteiger partial charge on any atom is 0.272 e. The SMILES string of the molecule is CCCC(C)CCc1ncnc(NCCc2ccc(Oc3c(Cl)cc([N+](=O)[O-])cc3Cl)cc2)c1Cl. The van der Waals surface area contributed by atoms with Gasteiger partial charge in [-0.3, -0.25) is 10.1 Å². The Bertz CT molecular complexity index is 1140. The molecule has 0 saturated heterocycles. The molecule has 35 heavy (non-hydrogen) atoms. The number of non-ortho nitro benzene ring substituents is 1. The lowest BCUT2D eigenvalue weighted by atomic mass is 9.99. The smallest absolute Gasteiger partial charge is 0.272 e. The van der Waals surface area contributed by atoms with Crippen LogP contribution in [0.4, 0.5) is 11.5 Å². The first-order chi connectivity index (χ1) is 16.8. The molecule has 0 amide bonds. The van der Waals surface area contributed by atoms with Crippen LogP contribution in [-0.2, 0) is 12.8 Å². The van der Waals surface area contributed by atoms with Gasteiger partial charge in [0.1, 0.15) is 22.9 Å². The largest absolute Gasteiger partial charge is 0.454 e. The molecule has 0 saturated carbocycles. The minimum Gasteiger partial charge on any atom is -0.454 e. The van der Waals surface area contributed by atoms with E-state index in [1.165, 1.54) is 25.0 Å². The summed E-state index contributed by atoms with van der Waals surface area (Å²) < 4.78 is 5.75. The molecule has 0 bridgehead atoms. The van der Waals surface area contributed by atoms with Crippen molar-refractivity contribution in [2.75, 3.05) is 11.9 Å². The summed E-state index contributed by atoms with van der Waals surface area (Å²) in [5.41, 5.74) is 1.75. The van der Waals surface area contributed by atoms with Gasteiger partial charge in [-0.05, 0) is 42.9 Å². The van der Waals surface area contributed by atoms with Crippen molar-refractivity contribution in [3.8, 4) is 11.5 Å². The molecule has 0 spiro atoms. The van der Waals surface area contributed by atoms with E-state index in [9.17, 15) is 10.1 Å². The number of nitrogens with one attached hydrogen (secondary N) is 1. The van der Waals surface area contributed by atoms with E-state index in [1.54, 1.807) is 18.5 Å². The second kappa shape index (κ2) is 12.9. The second-order valence-electron chi connectivity index (χ2n) is 8.33. The Balaban J connectivity index is 1.55. The number of benzene rings is 2. The van der Waals surface area contributed by atoms with Gasteiger partial charge in [-0.15, -0.1) is 0 Å². The Morgan fingerprint density at radius 1 is 1.06 bits per heavy atom. The van der Waals surface area contributed by atoms with Crippen molar-refractivity contribution in [1.29, 1.82) is 0 Å². The highest BCUT2D eigenvalue weighted by Crippen LogP contribution is 2.39. The van der Waals surface area contributed by atoms with Gasteiger partial charge in [-0.25, -0.2) is 9.97 Å². The van der Waals surface area contributed by atoms with Crippen LogP contribution < -0.4 is 10.1 Å². The Kier molecular flexibility index (Phi) is 9.95. The average Bonchev–Trinajstić information content (AvgIpc) is 2.82. The molecule has 3 aromatic rings. The van der Waals surface area contributed by atoms with E-state index < -0.39 is 4.92 Å². The maximum absolute atomic E-state index is 10.9. The van der Waals surface area contributed by atoms with Crippen LogP contribution in [0.25, 0.3) is 0 Å². The van der Waals surface area contributed by atoms with E-state index in [2.05, 4.69) is 29.1 Å². The van der Waals surface area contributed by atoms with Gasteiger partial charge in [0, 0.05) is 18.7 Å². The molecule has 3 rings (SSSR count). The highest BCUT2D eigenvalue weighted by Gasteiger charge is 2.16. The van der Waals surface area contributed by atoms with Crippen molar-refractivity contribution in [2.45, 2.75) is 46.0 Å². The van der Waals surface area contributed by atoms with E-state index in [1.807, 2.05) is 12.1 Å². The molecular weight excluding hydrogens is 511 g/mol. The summed E-state index contributed by atoms with van der Waals surface area (Å²) in [7, 11) is 0. The number of rotatable bonds is 12. The fourth-order valence-corrected chi connectivity index (χ4v) is 4.45. The molecule has 186 valence electrons. The summed E-state index contributed by atoms with van der Waals surface area (Å²) in [5.74, 6) is 1.97. The summed E-state index contributed by atoms with van der Waals surface area (Å²) in [6.07, 6.45) is 6.55. The van der Waals surface area contributed by atoms with E-state index in [0.717, 1.165) is 30.5 Å². The molecule has 2 aromatic carbocycles. The first-order valence-electron chi connectivity index (χ1n) is 11.4. The Labute approximate surface area is 219 Å². The van der Waals surface area contributed by atoms with Crippen LogP contribution in [0.2, 0.25) is 15.1 Å². The zero-order valence-electron chi connectivity index (χ0n) is 19.6. The number of hydrogen-bond donors (Lipinski definition) is 1. The number of nitrogens with zero attached hydrogens (tertiary/aromatic N) is 3. The molecule has 1 atom stereocenters. The molecular formula is C25H27Cl3N4O3. The summed E-state index contributed by atoms with van der Waals surface area (Å²) in [6.45, 7) is 5.09. The van der Waals surface area contributed by atoms with E-state index >= 15 is 0 Å². The molecule has 0 fully saturated rings. The quantitative estimate of drug-likeness (QED) is 0.185. The van der Waals surface area contributed by atoms with E-state index in [0.29, 0.717) is 29.1 Å². The first-order valence-corrected chi connectivity index (χ1v) is 12.5. The highest BCUT2D eigenvalue weighted by molar-refractivity contribution is 6.37. The predicted molar refractivity (Wildman–Crippen MR) is 141 cm³/mol. The van der Waals surface area contributed by atoms with Crippen molar-refractivity contribution < 1.29 is 9.66 Å². The highest BCUT2D eigenvalue weighted by atomic mass is 35.5. The van der Waals surface area contributed by atoms with Gasteiger partial charge in [0.15, 0.2) is 5.75 Å². The van der Waals surface area contributed by atoms with Gasteiger partial charge in [0.25, 0.3) is 5.69 Å². The van der Waals surface area contributed by atoms with Gasteiger partial charge < -0.3 is 10.1 Å². The van der Waals surface area contributed by atoms with Crippen LogP contribution in [0.15, 0.2) is 42.7 Å². The third-order valence-corrected chi connectivity index (χ3v) is 6.52. The molecule has 0 aliphatic heterocycles. The number of nitro groups is 1. The number of ether oxygens (including phenoxy) is 1. The van der Waals surface area contributed by atoms with Gasteiger partial charge in [-0.1, -0.05) is 73.6 Å².